The quantitative estimate of drug-likeness (QED) is 0.746. The number of carbonyl (C=O) groups is 1. The first-order valence-corrected chi connectivity index (χ1v) is 5.69. The zero-order valence-electron chi connectivity index (χ0n) is 10.7. The van der Waals surface area contributed by atoms with Crippen LogP contribution in [0.5, 0.6) is 0 Å². The van der Waals surface area contributed by atoms with E-state index >= 15 is 0 Å². The largest absolute Gasteiger partial charge is 0.478 e. The Bertz CT molecular complexity index is 458. The van der Waals surface area contributed by atoms with Crippen molar-refractivity contribution in [2.75, 3.05) is 24.6 Å². The lowest BCUT2D eigenvalue weighted by Gasteiger charge is -2.24. The minimum atomic E-state index is -1.01. The molecule has 0 radical (unpaired) electrons. The Labute approximate surface area is 106 Å². The van der Waals surface area contributed by atoms with Gasteiger partial charge in [0.05, 0.1) is 6.61 Å². The zero-order valence-corrected chi connectivity index (χ0v) is 10.7. The summed E-state index contributed by atoms with van der Waals surface area (Å²) in [6.45, 7) is 7.88. The van der Waals surface area contributed by atoms with Crippen molar-refractivity contribution in [3.8, 4) is 0 Å². The molecule has 0 saturated heterocycles. The van der Waals surface area contributed by atoms with Crippen molar-refractivity contribution in [2.45, 2.75) is 13.8 Å². The van der Waals surface area contributed by atoms with Crippen LogP contribution in [0, 0.1) is 13.8 Å². The molecule has 0 aliphatic heterocycles. The first-order valence-electron chi connectivity index (χ1n) is 5.69. The van der Waals surface area contributed by atoms with Gasteiger partial charge in [-0.1, -0.05) is 6.08 Å². The first kappa shape index (κ1) is 14.2. The number of aryl methyl sites for hydroxylation is 2. The second-order valence-electron chi connectivity index (χ2n) is 4.04. The van der Waals surface area contributed by atoms with E-state index in [4.69, 9.17) is 5.11 Å². The monoisotopic (exact) mass is 250 g/mol. The number of hydrogen-bond donors (Lipinski definition) is 2. The van der Waals surface area contributed by atoms with Crippen LogP contribution in [0.2, 0.25) is 0 Å². The number of nitrogens with zero attached hydrogens (tertiary/aromatic N) is 2. The van der Waals surface area contributed by atoms with E-state index in [1.165, 1.54) is 0 Å². The summed E-state index contributed by atoms with van der Waals surface area (Å²) >= 11 is 0. The maximum absolute atomic E-state index is 11.3. The second kappa shape index (κ2) is 6.16. The van der Waals surface area contributed by atoms with Gasteiger partial charge in [-0.25, -0.2) is 9.78 Å². The molecule has 98 valence electrons. The van der Waals surface area contributed by atoms with Gasteiger partial charge < -0.3 is 15.1 Å². The number of aliphatic hydroxyl groups excluding tert-OH is 1. The third-order valence-electron chi connectivity index (χ3n) is 2.56. The van der Waals surface area contributed by atoms with E-state index in [9.17, 15) is 9.90 Å². The Balaban J connectivity index is 3.34. The summed E-state index contributed by atoms with van der Waals surface area (Å²) in [7, 11) is 0. The van der Waals surface area contributed by atoms with E-state index in [-0.39, 0.29) is 12.2 Å². The number of pyridine rings is 1. The molecule has 18 heavy (non-hydrogen) atoms. The molecule has 0 amide bonds. The highest BCUT2D eigenvalue weighted by molar-refractivity contribution is 5.95. The molecule has 0 atom stereocenters. The van der Waals surface area contributed by atoms with Gasteiger partial charge in [-0.15, -0.1) is 6.58 Å². The van der Waals surface area contributed by atoms with E-state index in [2.05, 4.69) is 11.6 Å². The Morgan fingerprint density at radius 1 is 1.56 bits per heavy atom. The topological polar surface area (TPSA) is 73.7 Å². The second-order valence-corrected chi connectivity index (χ2v) is 4.04. The smallest absolute Gasteiger partial charge is 0.339 e. The van der Waals surface area contributed by atoms with Gasteiger partial charge in [-0.2, -0.15) is 0 Å². The fourth-order valence-corrected chi connectivity index (χ4v) is 1.87. The van der Waals surface area contributed by atoms with E-state index in [0.29, 0.717) is 24.5 Å². The van der Waals surface area contributed by atoms with E-state index < -0.39 is 5.97 Å². The van der Waals surface area contributed by atoms with E-state index in [0.717, 1.165) is 5.69 Å². The highest BCUT2D eigenvalue weighted by atomic mass is 16.4. The first-order chi connectivity index (χ1) is 8.51. The van der Waals surface area contributed by atoms with Crippen LogP contribution in [0.1, 0.15) is 21.6 Å². The van der Waals surface area contributed by atoms with Gasteiger partial charge in [0, 0.05) is 18.8 Å². The van der Waals surface area contributed by atoms with Crippen LogP contribution < -0.4 is 4.90 Å². The van der Waals surface area contributed by atoms with Crippen LogP contribution in [-0.2, 0) is 0 Å². The molecule has 1 rings (SSSR count). The minimum Gasteiger partial charge on any atom is -0.478 e. The lowest BCUT2D eigenvalue weighted by Crippen LogP contribution is -2.30. The minimum absolute atomic E-state index is 0.0679. The van der Waals surface area contributed by atoms with Crippen LogP contribution in [0.4, 0.5) is 5.82 Å². The van der Waals surface area contributed by atoms with Gasteiger partial charge in [0.25, 0.3) is 0 Å². The maximum Gasteiger partial charge on any atom is 0.339 e. The normalized spacial score (nSPS) is 10.2. The lowest BCUT2D eigenvalue weighted by atomic mass is 10.1. The van der Waals surface area contributed by atoms with Crippen LogP contribution in [0.15, 0.2) is 18.7 Å². The fraction of sp³-hybridized carbons (Fsp3) is 0.385. The Morgan fingerprint density at radius 2 is 2.22 bits per heavy atom. The van der Waals surface area contributed by atoms with Crippen molar-refractivity contribution in [3.05, 3.63) is 35.5 Å². The van der Waals surface area contributed by atoms with Crippen molar-refractivity contribution < 1.29 is 15.0 Å². The SMILES string of the molecule is C=CCN(CCO)c1nc(C)cc(C)c1C(=O)O. The number of hydrogen-bond acceptors (Lipinski definition) is 4. The lowest BCUT2D eigenvalue weighted by molar-refractivity contribution is 0.0696. The zero-order chi connectivity index (χ0) is 13.7. The highest BCUT2D eigenvalue weighted by Gasteiger charge is 2.19. The predicted molar refractivity (Wildman–Crippen MR) is 70.2 cm³/mol. The number of aromatic carboxylic acids is 1. The molecule has 1 aromatic heterocycles. The van der Waals surface area contributed by atoms with Gasteiger partial charge in [0.2, 0.25) is 0 Å². The van der Waals surface area contributed by atoms with E-state index in [1.807, 2.05) is 6.92 Å². The molecule has 0 saturated carbocycles. The average Bonchev–Trinajstić information content (AvgIpc) is 2.26. The van der Waals surface area contributed by atoms with Gasteiger partial charge in [-0.3, -0.25) is 0 Å². The van der Waals surface area contributed by atoms with Crippen molar-refractivity contribution in [3.63, 3.8) is 0 Å². The molecule has 0 aromatic carbocycles. The van der Waals surface area contributed by atoms with Gasteiger partial charge in [0.1, 0.15) is 11.4 Å². The molecule has 0 bridgehead atoms. The molecular formula is C13H18N2O3. The fourth-order valence-electron chi connectivity index (χ4n) is 1.87. The number of aromatic nitrogens is 1. The molecule has 5 nitrogen and oxygen atoms in total. The highest BCUT2D eigenvalue weighted by Crippen LogP contribution is 2.22. The summed E-state index contributed by atoms with van der Waals surface area (Å²) in [4.78, 5) is 17.3. The number of carboxylic acid groups (broad SMARTS) is 1. The van der Waals surface area contributed by atoms with Gasteiger partial charge >= 0.3 is 5.97 Å². The van der Waals surface area contributed by atoms with Crippen LogP contribution >= 0.6 is 0 Å². The molecule has 0 spiro atoms. The number of aliphatic hydroxyl groups is 1. The molecule has 2 N–H and O–H groups in total. The molecule has 0 aliphatic carbocycles. The maximum atomic E-state index is 11.3. The molecule has 0 fully saturated rings. The number of carboxylic acids is 1. The number of rotatable bonds is 6. The molecule has 1 heterocycles. The summed E-state index contributed by atoms with van der Waals surface area (Å²) in [5, 5.41) is 18.3. The number of anilines is 1. The van der Waals surface area contributed by atoms with Crippen molar-refractivity contribution in [1.29, 1.82) is 0 Å². The Morgan fingerprint density at radius 3 is 2.72 bits per heavy atom. The van der Waals surface area contributed by atoms with Crippen molar-refractivity contribution in [1.82, 2.24) is 4.98 Å². The summed E-state index contributed by atoms with van der Waals surface area (Å²) in [6, 6.07) is 1.73. The molecular weight excluding hydrogens is 232 g/mol. The molecule has 5 heteroatoms. The third kappa shape index (κ3) is 3.07. The van der Waals surface area contributed by atoms with Crippen molar-refractivity contribution in [2.24, 2.45) is 0 Å². The summed E-state index contributed by atoms with van der Waals surface area (Å²) in [5.41, 5.74) is 1.59. The van der Waals surface area contributed by atoms with Crippen LogP contribution in [0.3, 0.4) is 0 Å². The third-order valence-corrected chi connectivity index (χ3v) is 2.56. The summed E-state index contributed by atoms with van der Waals surface area (Å²) in [5.74, 6) is -0.629. The van der Waals surface area contributed by atoms with Gasteiger partial charge in [0.15, 0.2) is 0 Å². The summed E-state index contributed by atoms with van der Waals surface area (Å²) < 4.78 is 0. The Kier molecular flexibility index (Phi) is 4.85. The van der Waals surface area contributed by atoms with Gasteiger partial charge in [-0.05, 0) is 25.5 Å². The average molecular weight is 250 g/mol. The molecule has 0 aliphatic rings. The standard InChI is InChI=1S/C13H18N2O3/c1-4-5-15(6-7-16)12-11(13(17)18)9(2)8-10(3)14-12/h4,8,16H,1,5-7H2,2-3H3,(H,17,18). The Hall–Kier alpha value is -1.88. The van der Waals surface area contributed by atoms with E-state index in [1.54, 1.807) is 24.0 Å². The molecule has 1 aromatic rings. The van der Waals surface area contributed by atoms with Crippen LogP contribution in [0.25, 0.3) is 0 Å². The predicted octanol–water partition coefficient (Wildman–Crippen LogP) is 1.38. The van der Waals surface area contributed by atoms with Crippen molar-refractivity contribution >= 4 is 11.8 Å². The summed E-state index contributed by atoms with van der Waals surface area (Å²) in [6.07, 6.45) is 1.65. The van der Waals surface area contributed by atoms with Crippen LogP contribution in [-0.4, -0.2) is 40.9 Å². The molecule has 0 unspecified atom stereocenters.